The number of rotatable bonds is 2. The lowest BCUT2D eigenvalue weighted by Crippen LogP contribution is -2.50. The minimum atomic E-state index is 0.284. The van der Waals surface area contributed by atoms with Crippen LogP contribution >= 0.6 is 0 Å². The molecule has 0 bridgehead atoms. The van der Waals surface area contributed by atoms with Gasteiger partial charge in [-0.3, -0.25) is 0 Å². The van der Waals surface area contributed by atoms with Crippen molar-refractivity contribution in [1.82, 2.24) is 14.7 Å². The molecule has 0 spiro atoms. The van der Waals surface area contributed by atoms with Gasteiger partial charge in [-0.2, -0.15) is 0 Å². The van der Waals surface area contributed by atoms with E-state index >= 15 is 0 Å². The van der Waals surface area contributed by atoms with Gasteiger partial charge >= 0.3 is 6.03 Å². The molecule has 0 N–H and O–H groups in total. The van der Waals surface area contributed by atoms with Gasteiger partial charge in [0.15, 0.2) is 0 Å². The number of likely N-dealkylation sites (tertiary alicyclic amines) is 2. The van der Waals surface area contributed by atoms with Gasteiger partial charge < -0.3 is 14.7 Å². The van der Waals surface area contributed by atoms with Crippen molar-refractivity contribution in [3.8, 4) is 0 Å². The predicted octanol–water partition coefficient (Wildman–Crippen LogP) is 1.86. The molecular formula is C14H27N3O. The van der Waals surface area contributed by atoms with Crippen molar-refractivity contribution in [2.45, 2.75) is 38.6 Å². The number of hydrogen-bond acceptors (Lipinski definition) is 2. The lowest BCUT2D eigenvalue weighted by atomic mass is 9.99. The van der Waals surface area contributed by atoms with Crippen LogP contribution in [0.5, 0.6) is 0 Å². The van der Waals surface area contributed by atoms with Crippen molar-refractivity contribution in [2.75, 3.05) is 40.3 Å². The van der Waals surface area contributed by atoms with Crippen molar-refractivity contribution in [3.05, 3.63) is 0 Å². The van der Waals surface area contributed by atoms with Crippen LogP contribution in [0.1, 0.15) is 32.6 Å². The Balaban J connectivity index is 1.91. The second kappa shape index (κ2) is 5.91. The molecule has 0 aromatic rings. The maximum absolute atomic E-state index is 12.5. The summed E-state index contributed by atoms with van der Waals surface area (Å²) in [4.78, 5) is 18.9. The molecule has 2 fully saturated rings. The van der Waals surface area contributed by atoms with Crippen molar-refractivity contribution in [3.63, 3.8) is 0 Å². The smallest absolute Gasteiger partial charge is 0.320 e. The summed E-state index contributed by atoms with van der Waals surface area (Å²) in [6, 6.07) is 0.707. The van der Waals surface area contributed by atoms with Gasteiger partial charge in [0.25, 0.3) is 0 Å². The summed E-state index contributed by atoms with van der Waals surface area (Å²) >= 11 is 0. The Hall–Kier alpha value is -0.770. The van der Waals surface area contributed by atoms with Crippen LogP contribution in [0, 0.1) is 5.92 Å². The summed E-state index contributed by atoms with van der Waals surface area (Å²) in [7, 11) is 4.17. The van der Waals surface area contributed by atoms with E-state index in [1.54, 1.807) is 0 Å². The Morgan fingerprint density at radius 3 is 2.44 bits per heavy atom. The number of nitrogens with zero attached hydrogens (tertiary/aromatic N) is 3. The van der Waals surface area contributed by atoms with E-state index in [0.29, 0.717) is 6.04 Å². The molecular weight excluding hydrogens is 226 g/mol. The van der Waals surface area contributed by atoms with Gasteiger partial charge in [0.2, 0.25) is 0 Å². The molecule has 4 nitrogen and oxygen atoms in total. The zero-order chi connectivity index (χ0) is 13.1. The first-order valence-corrected chi connectivity index (χ1v) is 7.28. The molecule has 104 valence electrons. The molecule has 18 heavy (non-hydrogen) atoms. The second-order valence-corrected chi connectivity index (χ2v) is 6.20. The van der Waals surface area contributed by atoms with Gasteiger partial charge in [0.05, 0.1) is 0 Å². The first-order chi connectivity index (χ1) is 8.58. The van der Waals surface area contributed by atoms with Gasteiger partial charge in [-0.1, -0.05) is 6.92 Å². The molecule has 4 heteroatoms. The number of urea groups is 1. The summed E-state index contributed by atoms with van der Waals surface area (Å²) in [5, 5.41) is 0. The molecule has 2 aliphatic heterocycles. The summed E-state index contributed by atoms with van der Waals surface area (Å²) in [5.41, 5.74) is 0. The third kappa shape index (κ3) is 3.16. The van der Waals surface area contributed by atoms with Gasteiger partial charge in [-0.15, -0.1) is 0 Å². The van der Waals surface area contributed by atoms with Crippen LogP contribution in [0.2, 0.25) is 0 Å². The number of piperidine rings is 1. The van der Waals surface area contributed by atoms with Crippen LogP contribution < -0.4 is 0 Å². The fraction of sp³-hybridized carbons (Fsp3) is 0.929. The second-order valence-electron chi connectivity index (χ2n) is 6.20. The third-order valence-corrected chi connectivity index (χ3v) is 4.25. The van der Waals surface area contributed by atoms with Crippen LogP contribution in [0.25, 0.3) is 0 Å². The van der Waals surface area contributed by atoms with Crippen molar-refractivity contribution >= 4 is 6.03 Å². The lowest BCUT2D eigenvalue weighted by molar-refractivity contribution is 0.124. The number of carbonyl (C=O) groups excluding carboxylic acids is 1. The van der Waals surface area contributed by atoms with E-state index in [4.69, 9.17) is 0 Å². The minimum absolute atomic E-state index is 0.284. The Kier molecular flexibility index (Phi) is 4.49. The number of hydrogen-bond donors (Lipinski definition) is 0. The Morgan fingerprint density at radius 1 is 1.17 bits per heavy atom. The highest BCUT2D eigenvalue weighted by molar-refractivity contribution is 5.75. The van der Waals surface area contributed by atoms with E-state index in [9.17, 15) is 4.79 Å². The summed E-state index contributed by atoms with van der Waals surface area (Å²) in [5.74, 6) is 0.783. The molecule has 2 amide bonds. The maximum atomic E-state index is 12.5. The standard InChI is InChI=1S/C14H27N3O/c1-12-6-9-16(10-7-12)14(18)17-8-4-5-13(17)11-15(2)3/h12-13H,4-11H2,1-3H3. The highest BCUT2D eigenvalue weighted by Gasteiger charge is 2.32. The monoisotopic (exact) mass is 253 g/mol. The molecule has 2 heterocycles. The Bertz CT molecular complexity index is 285. The largest absolute Gasteiger partial charge is 0.325 e. The summed E-state index contributed by atoms with van der Waals surface area (Å²) in [6.07, 6.45) is 4.65. The summed E-state index contributed by atoms with van der Waals surface area (Å²) in [6.45, 7) is 6.13. The first kappa shape index (κ1) is 13.7. The first-order valence-electron chi connectivity index (χ1n) is 7.28. The molecule has 0 radical (unpaired) electrons. The SMILES string of the molecule is CC1CCN(C(=O)N2CCCC2CN(C)C)CC1. The number of likely N-dealkylation sites (N-methyl/N-ethyl adjacent to an activating group) is 1. The highest BCUT2D eigenvalue weighted by atomic mass is 16.2. The maximum Gasteiger partial charge on any atom is 0.320 e. The molecule has 0 aliphatic carbocycles. The van der Waals surface area contributed by atoms with Gasteiger partial charge in [-0.05, 0) is 45.7 Å². The van der Waals surface area contributed by atoms with Crippen molar-refractivity contribution in [2.24, 2.45) is 5.92 Å². The van der Waals surface area contributed by atoms with E-state index < -0.39 is 0 Å². The van der Waals surface area contributed by atoms with E-state index in [-0.39, 0.29) is 6.03 Å². The zero-order valence-electron chi connectivity index (χ0n) is 12.1. The topological polar surface area (TPSA) is 26.8 Å². The fourth-order valence-electron chi connectivity index (χ4n) is 3.08. The minimum Gasteiger partial charge on any atom is -0.325 e. The summed E-state index contributed by atoms with van der Waals surface area (Å²) < 4.78 is 0. The van der Waals surface area contributed by atoms with Crippen LogP contribution in [0.3, 0.4) is 0 Å². The fourth-order valence-corrected chi connectivity index (χ4v) is 3.08. The molecule has 2 aliphatic rings. The van der Waals surface area contributed by atoms with Crippen LogP contribution in [0.15, 0.2) is 0 Å². The Labute approximate surface area is 111 Å². The van der Waals surface area contributed by atoms with Crippen LogP contribution in [-0.4, -0.2) is 67.0 Å². The quantitative estimate of drug-likeness (QED) is 0.751. The van der Waals surface area contributed by atoms with Gasteiger partial charge in [0, 0.05) is 32.2 Å². The molecule has 0 aromatic heterocycles. The van der Waals surface area contributed by atoms with Crippen molar-refractivity contribution in [1.29, 1.82) is 0 Å². The molecule has 1 unspecified atom stereocenters. The zero-order valence-corrected chi connectivity index (χ0v) is 12.1. The molecule has 0 aromatic carbocycles. The molecule has 2 rings (SSSR count). The third-order valence-electron chi connectivity index (χ3n) is 4.25. The average molecular weight is 253 g/mol. The lowest BCUT2D eigenvalue weighted by Gasteiger charge is -2.36. The van der Waals surface area contributed by atoms with E-state index in [1.165, 1.54) is 0 Å². The highest BCUT2D eigenvalue weighted by Crippen LogP contribution is 2.23. The van der Waals surface area contributed by atoms with E-state index in [1.807, 2.05) is 0 Å². The number of amides is 2. The molecule has 0 saturated carbocycles. The predicted molar refractivity (Wildman–Crippen MR) is 73.6 cm³/mol. The average Bonchev–Trinajstić information content (AvgIpc) is 2.76. The van der Waals surface area contributed by atoms with Crippen molar-refractivity contribution < 1.29 is 4.79 Å². The van der Waals surface area contributed by atoms with Gasteiger partial charge in [0.1, 0.15) is 0 Å². The van der Waals surface area contributed by atoms with Gasteiger partial charge in [-0.25, -0.2) is 4.79 Å². The number of carbonyl (C=O) groups is 1. The molecule has 1 atom stereocenters. The normalized spacial score (nSPS) is 26.1. The molecule has 2 saturated heterocycles. The van der Waals surface area contributed by atoms with E-state index in [2.05, 4.69) is 35.7 Å². The van der Waals surface area contributed by atoms with E-state index in [0.717, 1.165) is 57.8 Å². The van der Waals surface area contributed by atoms with Crippen LogP contribution in [0.4, 0.5) is 4.79 Å². The van der Waals surface area contributed by atoms with Crippen LogP contribution in [-0.2, 0) is 0 Å². The Morgan fingerprint density at radius 2 is 1.83 bits per heavy atom.